The Bertz CT molecular complexity index is 2410. The van der Waals surface area contributed by atoms with E-state index < -0.39 is 5.41 Å². The minimum absolute atomic E-state index is 0.0344. The van der Waals surface area contributed by atoms with Gasteiger partial charge in [-0.3, -0.25) is 0 Å². The molecule has 2 aliphatic rings. The summed E-state index contributed by atoms with van der Waals surface area (Å²) in [7, 11) is 0. The fourth-order valence-electron chi connectivity index (χ4n) is 9.17. The van der Waals surface area contributed by atoms with Gasteiger partial charge in [-0.2, -0.15) is 0 Å². The van der Waals surface area contributed by atoms with Crippen molar-refractivity contribution in [2.75, 3.05) is 0 Å². The number of rotatable bonds is 5. The van der Waals surface area contributed by atoms with Crippen LogP contribution in [-0.2, 0) is 5.41 Å². The Morgan fingerprint density at radius 1 is 0.260 bits per heavy atom. The van der Waals surface area contributed by atoms with E-state index in [0.717, 1.165) is 0 Å². The van der Waals surface area contributed by atoms with Gasteiger partial charge in [0.2, 0.25) is 0 Å². The molecule has 1 spiro atoms. The van der Waals surface area contributed by atoms with Crippen LogP contribution in [0, 0.1) is 0 Å². The summed E-state index contributed by atoms with van der Waals surface area (Å²) < 4.78 is 0. The van der Waals surface area contributed by atoms with E-state index >= 15 is 0 Å². The summed E-state index contributed by atoms with van der Waals surface area (Å²) in [5.74, 6) is -0.0344. The third kappa shape index (κ3) is 4.06. The molecule has 0 radical (unpaired) electrons. The van der Waals surface area contributed by atoms with E-state index in [0.29, 0.717) is 0 Å². The molecule has 0 aromatic heterocycles. The van der Waals surface area contributed by atoms with Crippen LogP contribution >= 0.6 is 0 Å². The number of fused-ring (bicyclic) bond motifs is 10. The summed E-state index contributed by atoms with van der Waals surface area (Å²) in [6.45, 7) is 0. The maximum absolute atomic E-state index is 2.40. The van der Waals surface area contributed by atoms with E-state index in [1.807, 2.05) is 0 Å². The van der Waals surface area contributed by atoms with Crippen LogP contribution in [0.2, 0.25) is 0 Å². The van der Waals surface area contributed by atoms with Crippen molar-refractivity contribution in [1.82, 2.24) is 0 Å². The highest BCUT2D eigenvalue weighted by atomic mass is 14.5. The summed E-state index contributed by atoms with van der Waals surface area (Å²) in [4.78, 5) is 0. The lowest BCUT2D eigenvalue weighted by atomic mass is 9.70. The number of hydrogen-bond donors (Lipinski definition) is 0. The molecule has 0 unspecified atom stereocenters. The molecule has 2 aliphatic carbocycles. The van der Waals surface area contributed by atoms with E-state index in [1.54, 1.807) is 0 Å². The molecule has 0 heteroatoms. The molecule has 0 saturated carbocycles. The third-order valence-corrected chi connectivity index (χ3v) is 11.1. The molecule has 10 rings (SSSR count). The fourth-order valence-corrected chi connectivity index (χ4v) is 9.17. The van der Waals surface area contributed by atoms with Gasteiger partial charge in [-0.1, -0.05) is 200 Å². The van der Waals surface area contributed by atoms with Crippen LogP contribution < -0.4 is 0 Å². The average molecular weight is 635 g/mol. The van der Waals surface area contributed by atoms with Crippen LogP contribution in [0.5, 0.6) is 0 Å². The Morgan fingerprint density at radius 2 is 0.620 bits per heavy atom. The van der Waals surface area contributed by atoms with E-state index in [-0.39, 0.29) is 5.92 Å². The second-order valence-corrected chi connectivity index (χ2v) is 13.5. The van der Waals surface area contributed by atoms with Gasteiger partial charge in [-0.25, -0.2) is 0 Å². The van der Waals surface area contributed by atoms with Crippen molar-refractivity contribution in [3.05, 3.63) is 239 Å². The number of benzene rings is 8. The van der Waals surface area contributed by atoms with E-state index in [2.05, 4.69) is 200 Å². The van der Waals surface area contributed by atoms with Crippen molar-refractivity contribution >= 4 is 0 Å². The molecular weight excluding hydrogens is 601 g/mol. The van der Waals surface area contributed by atoms with Crippen molar-refractivity contribution in [2.24, 2.45) is 0 Å². The van der Waals surface area contributed by atoms with E-state index in [9.17, 15) is 0 Å². The van der Waals surface area contributed by atoms with Gasteiger partial charge in [-0.15, -0.1) is 0 Å². The van der Waals surface area contributed by atoms with Gasteiger partial charge in [-0.05, 0) is 83.5 Å². The molecule has 0 bridgehead atoms. The zero-order valence-corrected chi connectivity index (χ0v) is 27.6. The maximum atomic E-state index is 2.40. The minimum Gasteiger partial charge on any atom is -0.0622 e. The van der Waals surface area contributed by atoms with E-state index in [1.165, 1.54) is 83.5 Å². The monoisotopic (exact) mass is 634 g/mol. The van der Waals surface area contributed by atoms with Crippen molar-refractivity contribution in [3.63, 3.8) is 0 Å². The fraction of sp³-hybridized carbons (Fsp3) is 0.0400. The molecule has 0 fully saturated rings. The molecule has 8 aromatic carbocycles. The molecular formula is C50H34. The summed E-state index contributed by atoms with van der Waals surface area (Å²) in [6.07, 6.45) is 0. The van der Waals surface area contributed by atoms with Gasteiger partial charge in [0.05, 0.1) is 5.41 Å². The Hall–Kier alpha value is -6.24. The van der Waals surface area contributed by atoms with Crippen LogP contribution in [0.4, 0.5) is 0 Å². The molecule has 0 heterocycles. The quantitative estimate of drug-likeness (QED) is 0.165. The summed E-state index contributed by atoms with van der Waals surface area (Å²) >= 11 is 0. The lowest BCUT2D eigenvalue weighted by Gasteiger charge is -2.31. The third-order valence-electron chi connectivity index (χ3n) is 11.1. The van der Waals surface area contributed by atoms with Crippen molar-refractivity contribution in [3.8, 4) is 44.5 Å². The van der Waals surface area contributed by atoms with Crippen LogP contribution in [-0.4, -0.2) is 0 Å². The maximum Gasteiger partial charge on any atom is 0.0725 e. The Balaban J connectivity index is 1.33. The SMILES string of the molecule is c1ccc(-c2ccccc2C(c2ccccc2-c2ccccc2)c2cccc3c2-c2ccccc2C32c3ccccc3-c3ccccc32)cc1. The highest BCUT2D eigenvalue weighted by molar-refractivity contribution is 5.96. The first-order valence-corrected chi connectivity index (χ1v) is 17.6. The second kappa shape index (κ2) is 11.4. The Labute approximate surface area is 294 Å². The van der Waals surface area contributed by atoms with Crippen molar-refractivity contribution in [1.29, 1.82) is 0 Å². The normalized spacial score (nSPS) is 13.1. The van der Waals surface area contributed by atoms with Crippen molar-refractivity contribution < 1.29 is 0 Å². The molecule has 0 nitrogen and oxygen atoms in total. The van der Waals surface area contributed by atoms with Gasteiger partial charge in [0.1, 0.15) is 0 Å². The molecule has 50 heavy (non-hydrogen) atoms. The predicted molar refractivity (Wildman–Crippen MR) is 207 cm³/mol. The van der Waals surface area contributed by atoms with Crippen LogP contribution in [0.1, 0.15) is 44.9 Å². The van der Waals surface area contributed by atoms with Crippen LogP contribution in [0.15, 0.2) is 200 Å². The van der Waals surface area contributed by atoms with Gasteiger partial charge in [0.25, 0.3) is 0 Å². The predicted octanol–water partition coefficient (Wildman–Crippen LogP) is 12.5. The minimum atomic E-state index is -0.391. The smallest absolute Gasteiger partial charge is 0.0622 e. The highest BCUT2D eigenvalue weighted by Crippen LogP contribution is 2.64. The Kier molecular flexibility index (Phi) is 6.57. The lowest BCUT2D eigenvalue weighted by Crippen LogP contribution is -2.25. The molecule has 234 valence electrons. The second-order valence-electron chi connectivity index (χ2n) is 13.5. The molecule has 0 amide bonds. The zero-order valence-electron chi connectivity index (χ0n) is 27.6. The zero-order chi connectivity index (χ0) is 33.1. The van der Waals surface area contributed by atoms with Gasteiger partial charge >= 0.3 is 0 Å². The first kappa shape index (κ1) is 28.7. The number of hydrogen-bond acceptors (Lipinski definition) is 0. The molecule has 0 aliphatic heterocycles. The molecule has 0 N–H and O–H groups in total. The lowest BCUT2D eigenvalue weighted by molar-refractivity contribution is 0.792. The summed E-state index contributed by atoms with van der Waals surface area (Å²) in [6, 6.07) is 74.3. The summed E-state index contributed by atoms with van der Waals surface area (Å²) in [5.41, 5.74) is 19.3. The van der Waals surface area contributed by atoms with Crippen LogP contribution in [0.25, 0.3) is 44.5 Å². The van der Waals surface area contributed by atoms with Gasteiger partial charge in [0, 0.05) is 5.92 Å². The molecule has 0 saturated heterocycles. The largest absolute Gasteiger partial charge is 0.0725 e. The highest BCUT2D eigenvalue weighted by Gasteiger charge is 2.52. The first-order chi connectivity index (χ1) is 24.9. The first-order valence-electron chi connectivity index (χ1n) is 17.6. The van der Waals surface area contributed by atoms with E-state index in [4.69, 9.17) is 0 Å². The van der Waals surface area contributed by atoms with Crippen molar-refractivity contribution in [2.45, 2.75) is 11.3 Å². The molecule has 0 atom stereocenters. The average Bonchev–Trinajstić information content (AvgIpc) is 3.67. The standard InChI is InChI=1S/C50H34/c1-3-18-34(19-4-1)36-22-7-9-26-40(36)48(41-27-10-8-23-37(41)35-20-5-2-6-21-35)43-29-17-33-47-49(43)42-28-13-16-32-46(42)50(47)44-30-14-11-24-38(44)39-25-12-15-31-45(39)50/h1-33,48H. The topological polar surface area (TPSA) is 0 Å². The van der Waals surface area contributed by atoms with Crippen LogP contribution in [0.3, 0.4) is 0 Å². The Morgan fingerprint density at radius 3 is 1.14 bits per heavy atom. The summed E-state index contributed by atoms with van der Waals surface area (Å²) in [5, 5.41) is 0. The van der Waals surface area contributed by atoms with Gasteiger partial charge in [0.15, 0.2) is 0 Å². The van der Waals surface area contributed by atoms with Gasteiger partial charge < -0.3 is 0 Å². The molecule has 8 aromatic rings.